The summed E-state index contributed by atoms with van der Waals surface area (Å²) >= 11 is 12.2. The Bertz CT molecular complexity index is 1500. The minimum Gasteiger partial charge on any atom is -0.350 e. The quantitative estimate of drug-likeness (QED) is 0.369. The number of carbonyl (C=O) groups is 2. The smallest absolute Gasteiger partial charge is 0.265 e. The molecule has 0 unspecified atom stereocenters. The molecule has 0 fully saturated rings. The summed E-state index contributed by atoms with van der Waals surface area (Å²) in [6.07, 6.45) is 0.348. The molecule has 0 saturated carbocycles. The van der Waals surface area contributed by atoms with E-state index in [4.69, 9.17) is 23.2 Å². The van der Waals surface area contributed by atoms with Crippen LogP contribution in [0.3, 0.4) is 0 Å². The van der Waals surface area contributed by atoms with E-state index in [-0.39, 0.29) is 42.6 Å². The first kappa shape index (κ1) is 28.2. The zero-order valence-electron chi connectivity index (χ0n) is 21.8. The second-order valence-electron chi connectivity index (χ2n) is 10.5. The van der Waals surface area contributed by atoms with Gasteiger partial charge in [-0.15, -0.1) is 0 Å². The second-order valence-corrected chi connectivity index (χ2v) is 13.1. The van der Waals surface area contributed by atoms with Crippen LogP contribution in [0.25, 0.3) is 10.8 Å². The van der Waals surface area contributed by atoms with Gasteiger partial charge >= 0.3 is 0 Å². The molecule has 0 bridgehead atoms. The average molecular weight is 577 g/mol. The van der Waals surface area contributed by atoms with Gasteiger partial charge in [0.05, 0.1) is 20.6 Å². The molecule has 202 valence electrons. The maximum absolute atomic E-state index is 13.5. The molecule has 38 heavy (non-hydrogen) atoms. The Morgan fingerprint density at radius 2 is 1.71 bits per heavy atom. The van der Waals surface area contributed by atoms with Crippen molar-refractivity contribution in [3.8, 4) is 0 Å². The van der Waals surface area contributed by atoms with Crippen molar-refractivity contribution in [2.75, 3.05) is 10.8 Å². The predicted octanol–water partition coefficient (Wildman–Crippen LogP) is 5.77. The maximum Gasteiger partial charge on any atom is 0.265 e. The SMILES string of the molecule is C[C@H](C(=O)NC(C)(C)C)N(Cc1ccc(Cl)c(Cl)c1)C(=O)CCCN1c2cccc3cccc(c23)S1(=O)=O. The van der Waals surface area contributed by atoms with E-state index in [0.29, 0.717) is 21.1 Å². The number of sulfonamides is 1. The first-order chi connectivity index (χ1) is 17.8. The molecule has 3 aromatic carbocycles. The zero-order valence-corrected chi connectivity index (χ0v) is 24.1. The number of nitrogens with one attached hydrogen (secondary N) is 1. The van der Waals surface area contributed by atoms with E-state index in [9.17, 15) is 18.0 Å². The molecule has 1 aliphatic heterocycles. The van der Waals surface area contributed by atoms with Gasteiger partial charge in [-0.25, -0.2) is 8.42 Å². The lowest BCUT2D eigenvalue weighted by molar-refractivity contribution is -0.141. The van der Waals surface area contributed by atoms with Crippen LogP contribution < -0.4 is 9.62 Å². The van der Waals surface area contributed by atoms with E-state index >= 15 is 0 Å². The van der Waals surface area contributed by atoms with Crippen LogP contribution in [0.15, 0.2) is 59.5 Å². The molecule has 0 saturated heterocycles. The normalized spacial score (nSPS) is 14.9. The minimum absolute atomic E-state index is 0.0623. The van der Waals surface area contributed by atoms with E-state index in [1.807, 2.05) is 39.0 Å². The van der Waals surface area contributed by atoms with Crippen molar-refractivity contribution in [3.05, 3.63) is 70.2 Å². The van der Waals surface area contributed by atoms with Gasteiger partial charge in [-0.2, -0.15) is 0 Å². The molecule has 4 rings (SSSR count). The van der Waals surface area contributed by atoms with Crippen LogP contribution in [-0.2, 0) is 26.2 Å². The first-order valence-corrected chi connectivity index (χ1v) is 14.6. The molecular weight excluding hydrogens is 545 g/mol. The number of carbonyl (C=O) groups excluding carboxylic acids is 2. The lowest BCUT2D eigenvalue weighted by atomic mass is 10.1. The van der Waals surface area contributed by atoms with Crippen molar-refractivity contribution in [1.82, 2.24) is 10.2 Å². The van der Waals surface area contributed by atoms with Crippen molar-refractivity contribution in [1.29, 1.82) is 0 Å². The van der Waals surface area contributed by atoms with Gasteiger partial charge in [0.25, 0.3) is 10.0 Å². The molecule has 0 aromatic heterocycles. The number of benzene rings is 3. The number of hydrogen-bond donors (Lipinski definition) is 1. The molecule has 0 radical (unpaired) electrons. The molecule has 1 aliphatic rings. The second kappa shape index (κ2) is 10.8. The molecule has 1 heterocycles. The largest absolute Gasteiger partial charge is 0.350 e. The highest BCUT2D eigenvalue weighted by atomic mass is 35.5. The third-order valence-corrected chi connectivity index (χ3v) is 9.03. The number of hydrogen-bond acceptors (Lipinski definition) is 4. The van der Waals surface area contributed by atoms with Crippen LogP contribution in [0.4, 0.5) is 5.69 Å². The molecule has 0 spiro atoms. The van der Waals surface area contributed by atoms with Crippen LogP contribution >= 0.6 is 23.2 Å². The Morgan fingerprint density at radius 1 is 1.03 bits per heavy atom. The van der Waals surface area contributed by atoms with E-state index in [1.165, 1.54) is 9.21 Å². The van der Waals surface area contributed by atoms with E-state index < -0.39 is 21.6 Å². The van der Waals surface area contributed by atoms with Crippen LogP contribution in [0, 0.1) is 0 Å². The van der Waals surface area contributed by atoms with Crippen molar-refractivity contribution in [2.45, 2.75) is 63.6 Å². The number of rotatable bonds is 8. The summed E-state index contributed by atoms with van der Waals surface area (Å²) in [6, 6.07) is 15.1. The van der Waals surface area contributed by atoms with E-state index in [1.54, 1.807) is 43.3 Å². The number of halogens is 2. The highest BCUT2D eigenvalue weighted by Gasteiger charge is 2.35. The Morgan fingerprint density at radius 3 is 2.37 bits per heavy atom. The standard InChI is InChI=1S/C28H31Cl2N3O4S/c1-18(27(35)31-28(2,3)4)32(17-19-13-14-21(29)22(30)16-19)25(34)12-7-15-33-23-10-5-8-20-9-6-11-24(26(20)23)38(33,36)37/h5-6,8-11,13-14,16,18H,7,12,15,17H2,1-4H3,(H,31,35)/t18-/m1/s1. The summed E-state index contributed by atoms with van der Waals surface area (Å²) < 4.78 is 27.9. The van der Waals surface area contributed by atoms with Gasteiger partial charge in [-0.3, -0.25) is 13.9 Å². The van der Waals surface area contributed by atoms with Gasteiger partial charge < -0.3 is 10.2 Å². The number of nitrogens with zero attached hydrogens (tertiary/aromatic N) is 2. The summed E-state index contributed by atoms with van der Waals surface area (Å²) in [5, 5.41) is 5.24. The number of amides is 2. The summed E-state index contributed by atoms with van der Waals surface area (Å²) in [5.41, 5.74) is 0.882. The Kier molecular flexibility index (Phi) is 7.98. The Hall–Kier alpha value is -2.81. The van der Waals surface area contributed by atoms with Gasteiger partial charge in [0.15, 0.2) is 0 Å². The van der Waals surface area contributed by atoms with Gasteiger partial charge in [0.2, 0.25) is 11.8 Å². The average Bonchev–Trinajstić information content (AvgIpc) is 3.06. The Labute approximate surface area is 233 Å². The Balaban J connectivity index is 1.52. The molecule has 10 heteroatoms. The first-order valence-electron chi connectivity index (χ1n) is 12.4. The molecular formula is C28H31Cl2N3O4S. The lowest BCUT2D eigenvalue weighted by Gasteiger charge is -2.32. The monoisotopic (exact) mass is 575 g/mol. The zero-order chi connectivity index (χ0) is 27.8. The third kappa shape index (κ3) is 5.77. The van der Waals surface area contributed by atoms with E-state index in [2.05, 4.69) is 5.32 Å². The van der Waals surface area contributed by atoms with Crippen molar-refractivity contribution < 1.29 is 18.0 Å². The summed E-state index contributed by atoms with van der Waals surface area (Å²) in [7, 11) is -3.71. The van der Waals surface area contributed by atoms with Gasteiger partial charge in [0, 0.05) is 30.4 Å². The molecule has 0 aliphatic carbocycles. The summed E-state index contributed by atoms with van der Waals surface area (Å²) in [4.78, 5) is 28.2. The molecule has 7 nitrogen and oxygen atoms in total. The lowest BCUT2D eigenvalue weighted by Crippen LogP contribution is -2.52. The van der Waals surface area contributed by atoms with Crippen LogP contribution in [0.5, 0.6) is 0 Å². The topological polar surface area (TPSA) is 86.8 Å². The van der Waals surface area contributed by atoms with Crippen LogP contribution in [-0.4, -0.2) is 43.3 Å². The molecule has 2 amide bonds. The van der Waals surface area contributed by atoms with Crippen molar-refractivity contribution in [2.24, 2.45) is 0 Å². The summed E-state index contributed by atoms with van der Waals surface area (Å²) in [5.74, 6) is -0.546. The van der Waals surface area contributed by atoms with Crippen molar-refractivity contribution in [3.63, 3.8) is 0 Å². The fourth-order valence-electron chi connectivity index (χ4n) is 4.61. The van der Waals surface area contributed by atoms with Gasteiger partial charge in [0.1, 0.15) is 6.04 Å². The highest BCUT2D eigenvalue weighted by Crippen LogP contribution is 2.42. The molecule has 1 N–H and O–H groups in total. The predicted molar refractivity (Wildman–Crippen MR) is 152 cm³/mol. The maximum atomic E-state index is 13.5. The van der Waals surface area contributed by atoms with Gasteiger partial charge in [-0.1, -0.05) is 53.5 Å². The molecule has 3 aromatic rings. The third-order valence-electron chi connectivity index (χ3n) is 6.44. The minimum atomic E-state index is -3.71. The van der Waals surface area contributed by atoms with Crippen molar-refractivity contribution >= 4 is 61.5 Å². The summed E-state index contributed by atoms with van der Waals surface area (Å²) in [6.45, 7) is 7.60. The van der Waals surface area contributed by atoms with Crippen LogP contribution in [0.1, 0.15) is 46.1 Å². The highest BCUT2D eigenvalue weighted by molar-refractivity contribution is 7.93. The fourth-order valence-corrected chi connectivity index (χ4v) is 6.68. The van der Waals surface area contributed by atoms with Gasteiger partial charge in [-0.05, 0) is 69.3 Å². The van der Waals surface area contributed by atoms with E-state index in [0.717, 1.165) is 10.9 Å². The van der Waals surface area contributed by atoms with Crippen LogP contribution in [0.2, 0.25) is 10.0 Å². The number of anilines is 1. The fraction of sp³-hybridized carbons (Fsp3) is 0.357. The molecule has 1 atom stereocenters.